The van der Waals surface area contributed by atoms with Gasteiger partial charge in [-0.15, -0.1) is 13.2 Å². The van der Waals surface area contributed by atoms with Crippen molar-refractivity contribution in [2.45, 2.75) is 6.36 Å². The lowest BCUT2D eigenvalue weighted by atomic mass is 10.1. The lowest BCUT2D eigenvalue weighted by Gasteiger charge is -2.22. The van der Waals surface area contributed by atoms with Crippen LogP contribution in [-0.4, -0.2) is 21.9 Å². The molecule has 1 aliphatic rings. The maximum atomic E-state index is 14.3. The van der Waals surface area contributed by atoms with Gasteiger partial charge in [-0.25, -0.2) is 14.1 Å². The molecule has 5 nitrogen and oxygen atoms in total. The van der Waals surface area contributed by atoms with E-state index in [0.29, 0.717) is 22.7 Å². The van der Waals surface area contributed by atoms with E-state index in [9.17, 15) is 17.6 Å². The van der Waals surface area contributed by atoms with E-state index in [-0.39, 0.29) is 11.4 Å². The number of rotatable bonds is 4. The van der Waals surface area contributed by atoms with Crippen molar-refractivity contribution in [1.82, 2.24) is 9.78 Å². The smallest absolute Gasteiger partial charge is 0.406 e. The molecule has 3 aromatic rings. The Morgan fingerprint density at radius 1 is 1.00 bits per heavy atom. The molecule has 2 heterocycles. The van der Waals surface area contributed by atoms with Gasteiger partial charge in [-0.3, -0.25) is 0 Å². The van der Waals surface area contributed by atoms with E-state index in [2.05, 4.69) is 21.5 Å². The summed E-state index contributed by atoms with van der Waals surface area (Å²) < 4.78 is 57.2. The summed E-state index contributed by atoms with van der Waals surface area (Å²) >= 11 is 0. The molecule has 0 fully saturated rings. The van der Waals surface area contributed by atoms with Crippen LogP contribution in [0.25, 0.3) is 5.69 Å². The normalized spacial score (nSPS) is 14.1. The third-order valence-corrected chi connectivity index (χ3v) is 4.21. The molecule has 0 saturated carbocycles. The van der Waals surface area contributed by atoms with Gasteiger partial charge in [-0.05, 0) is 42.0 Å². The van der Waals surface area contributed by atoms with E-state index in [1.54, 1.807) is 42.6 Å². The minimum absolute atomic E-state index is 0.231. The van der Waals surface area contributed by atoms with Crippen molar-refractivity contribution >= 4 is 11.4 Å². The van der Waals surface area contributed by atoms with Crippen molar-refractivity contribution in [1.29, 1.82) is 0 Å². The van der Waals surface area contributed by atoms with Gasteiger partial charge in [0.15, 0.2) is 0 Å². The Balaban J connectivity index is 1.72. The largest absolute Gasteiger partial charge is 0.573 e. The summed E-state index contributed by atoms with van der Waals surface area (Å²) in [5.74, 6) is -0.834. The third-order valence-electron chi connectivity index (χ3n) is 4.21. The van der Waals surface area contributed by atoms with Crippen LogP contribution in [0.3, 0.4) is 0 Å². The Hall–Kier alpha value is -3.88. The molecule has 0 amide bonds. The number of halogens is 4. The van der Waals surface area contributed by atoms with Crippen LogP contribution in [-0.2, 0) is 0 Å². The molecule has 0 atom stereocenters. The highest BCUT2D eigenvalue weighted by molar-refractivity contribution is 6.14. The number of hydrogen-bond acceptors (Lipinski definition) is 4. The predicted octanol–water partition coefficient (Wildman–Crippen LogP) is 5.20. The molecule has 1 aliphatic heterocycles. The van der Waals surface area contributed by atoms with Crippen LogP contribution in [0, 0.1) is 5.82 Å². The maximum absolute atomic E-state index is 14.3. The van der Waals surface area contributed by atoms with E-state index in [0.717, 1.165) is 0 Å². The highest BCUT2D eigenvalue weighted by Gasteiger charge is 2.31. The van der Waals surface area contributed by atoms with Crippen LogP contribution in [0.15, 0.2) is 90.3 Å². The van der Waals surface area contributed by atoms with Gasteiger partial charge in [-0.1, -0.05) is 24.8 Å². The van der Waals surface area contributed by atoms with E-state index in [1.807, 2.05) is 0 Å². The van der Waals surface area contributed by atoms with Gasteiger partial charge in [0.05, 0.1) is 17.6 Å². The molecule has 9 heteroatoms. The maximum Gasteiger partial charge on any atom is 0.573 e. The van der Waals surface area contributed by atoms with E-state index in [1.165, 1.54) is 40.2 Å². The molecule has 0 bridgehead atoms. The van der Waals surface area contributed by atoms with Gasteiger partial charge in [0.1, 0.15) is 23.0 Å². The fourth-order valence-electron chi connectivity index (χ4n) is 2.93. The SMILES string of the molecule is C=C1C=CN(c2cccc(OC(F)(F)F)c2)N=C1c1ccnn1-c1ccccc1F. The molecule has 0 saturated heterocycles. The van der Waals surface area contributed by atoms with Crippen LogP contribution in [0.4, 0.5) is 23.2 Å². The van der Waals surface area contributed by atoms with Crippen molar-refractivity contribution in [2.24, 2.45) is 5.10 Å². The molecule has 4 rings (SSSR count). The number of allylic oxidation sites excluding steroid dienone is 2. The quantitative estimate of drug-likeness (QED) is 0.551. The zero-order valence-electron chi connectivity index (χ0n) is 15.3. The highest BCUT2D eigenvalue weighted by atomic mass is 19.4. The van der Waals surface area contributed by atoms with Crippen molar-refractivity contribution in [3.05, 3.63) is 96.7 Å². The number of nitrogens with zero attached hydrogens (tertiary/aromatic N) is 4. The van der Waals surface area contributed by atoms with Crippen LogP contribution >= 0.6 is 0 Å². The van der Waals surface area contributed by atoms with Crippen molar-refractivity contribution in [3.8, 4) is 11.4 Å². The highest BCUT2D eigenvalue weighted by Crippen LogP contribution is 2.29. The zero-order chi connectivity index (χ0) is 21.3. The second-order valence-corrected chi connectivity index (χ2v) is 6.26. The van der Waals surface area contributed by atoms with Crippen LogP contribution in [0.1, 0.15) is 5.69 Å². The summed E-state index contributed by atoms with van der Waals surface area (Å²) in [5, 5.41) is 10.0. The number of alkyl halides is 3. The number of para-hydroxylation sites is 1. The number of anilines is 1. The Kier molecular flexibility index (Phi) is 4.86. The summed E-state index contributed by atoms with van der Waals surface area (Å²) in [6, 6.07) is 13.2. The van der Waals surface area contributed by atoms with Crippen LogP contribution in [0.2, 0.25) is 0 Å². The average molecular weight is 414 g/mol. The van der Waals surface area contributed by atoms with Gasteiger partial charge in [0.2, 0.25) is 0 Å². The molecule has 30 heavy (non-hydrogen) atoms. The number of benzene rings is 2. The standard InChI is InChI=1S/C21H14F4N4O/c1-14-10-12-28(15-5-4-6-16(13-15)30-21(23,24)25)27-20(14)19-9-11-26-29(19)18-8-3-2-7-17(18)22/h2-13H,1H2. The number of aromatic nitrogens is 2. The third kappa shape index (κ3) is 3.95. The first-order chi connectivity index (χ1) is 14.3. The zero-order valence-corrected chi connectivity index (χ0v) is 15.3. The summed E-state index contributed by atoms with van der Waals surface area (Å²) in [6.45, 7) is 3.95. The molecule has 0 radical (unpaired) electrons. The minimum atomic E-state index is -4.80. The summed E-state index contributed by atoms with van der Waals surface area (Å²) in [5.41, 5.74) is 1.97. The molecule has 2 aromatic carbocycles. The summed E-state index contributed by atoms with van der Waals surface area (Å²) in [4.78, 5) is 0. The number of ether oxygens (including phenoxy) is 1. The Morgan fingerprint density at radius 2 is 1.80 bits per heavy atom. The minimum Gasteiger partial charge on any atom is -0.406 e. The lowest BCUT2D eigenvalue weighted by Crippen LogP contribution is -2.21. The first-order valence-electron chi connectivity index (χ1n) is 8.72. The van der Waals surface area contributed by atoms with Crippen molar-refractivity contribution in [3.63, 3.8) is 0 Å². The van der Waals surface area contributed by atoms with Gasteiger partial charge < -0.3 is 4.74 Å². The van der Waals surface area contributed by atoms with Gasteiger partial charge in [0, 0.05) is 12.3 Å². The van der Waals surface area contributed by atoms with Crippen molar-refractivity contribution in [2.75, 3.05) is 5.01 Å². The molecular formula is C21H14F4N4O. The second kappa shape index (κ2) is 7.51. The van der Waals surface area contributed by atoms with Crippen LogP contribution in [0.5, 0.6) is 5.75 Å². The topological polar surface area (TPSA) is 42.6 Å². The van der Waals surface area contributed by atoms with E-state index in [4.69, 9.17) is 0 Å². The molecule has 0 spiro atoms. The molecular weight excluding hydrogens is 400 g/mol. The Labute approximate surface area is 168 Å². The lowest BCUT2D eigenvalue weighted by molar-refractivity contribution is -0.274. The van der Waals surface area contributed by atoms with Gasteiger partial charge in [0.25, 0.3) is 0 Å². The predicted molar refractivity (Wildman–Crippen MR) is 104 cm³/mol. The monoisotopic (exact) mass is 414 g/mol. The molecule has 0 N–H and O–H groups in total. The first-order valence-corrected chi connectivity index (χ1v) is 8.72. The van der Waals surface area contributed by atoms with Gasteiger partial charge in [-0.2, -0.15) is 10.2 Å². The second-order valence-electron chi connectivity index (χ2n) is 6.26. The fraction of sp³-hybridized carbons (Fsp3) is 0.0476. The van der Waals surface area contributed by atoms with Crippen LogP contribution < -0.4 is 9.75 Å². The number of hydrazone groups is 1. The van der Waals surface area contributed by atoms with Gasteiger partial charge >= 0.3 is 6.36 Å². The Bertz CT molecular complexity index is 1160. The first kappa shape index (κ1) is 19.4. The Morgan fingerprint density at radius 3 is 2.57 bits per heavy atom. The molecule has 152 valence electrons. The summed E-state index contributed by atoms with van der Waals surface area (Å²) in [6.07, 6.45) is -0.0932. The fourth-order valence-corrected chi connectivity index (χ4v) is 2.93. The molecule has 0 aliphatic carbocycles. The van der Waals surface area contributed by atoms with E-state index < -0.39 is 12.2 Å². The van der Waals surface area contributed by atoms with E-state index >= 15 is 0 Å². The molecule has 0 unspecified atom stereocenters. The average Bonchev–Trinajstić information content (AvgIpc) is 3.17. The number of hydrogen-bond donors (Lipinski definition) is 0. The summed E-state index contributed by atoms with van der Waals surface area (Å²) in [7, 11) is 0. The van der Waals surface area contributed by atoms with Crippen molar-refractivity contribution < 1.29 is 22.3 Å². The molecule has 1 aromatic heterocycles.